The van der Waals surface area contributed by atoms with Gasteiger partial charge in [0.05, 0.1) is 16.3 Å². The van der Waals surface area contributed by atoms with Crippen LogP contribution in [0, 0.1) is 13.8 Å². The molecule has 6 nitrogen and oxygen atoms in total. The number of amides is 1. The quantitative estimate of drug-likeness (QED) is 0.900. The highest BCUT2D eigenvalue weighted by atomic mass is 35.5. The van der Waals surface area contributed by atoms with Gasteiger partial charge in [0, 0.05) is 31.0 Å². The summed E-state index contributed by atoms with van der Waals surface area (Å²) in [6, 6.07) is 1.50. The van der Waals surface area contributed by atoms with Crippen molar-refractivity contribution in [3.05, 3.63) is 39.8 Å². The molecule has 0 spiro atoms. The molecule has 0 bridgehead atoms. The molecule has 0 radical (unpaired) electrons. The van der Waals surface area contributed by atoms with Crippen LogP contribution in [0.3, 0.4) is 0 Å². The average Bonchev–Trinajstić information content (AvgIpc) is 2.64. The topological polar surface area (TPSA) is 85.8 Å². The van der Waals surface area contributed by atoms with Crippen molar-refractivity contribution in [2.45, 2.75) is 20.4 Å². The van der Waals surface area contributed by atoms with Gasteiger partial charge in [-0.3, -0.25) is 9.48 Å². The van der Waals surface area contributed by atoms with E-state index in [9.17, 15) is 4.79 Å². The normalized spacial score (nSPS) is 10.6. The van der Waals surface area contributed by atoms with E-state index in [1.807, 2.05) is 20.9 Å². The zero-order valence-electron chi connectivity index (χ0n) is 11.6. The Bertz CT molecular complexity index is 665. The van der Waals surface area contributed by atoms with Crippen LogP contribution < -0.4 is 11.1 Å². The van der Waals surface area contributed by atoms with E-state index in [1.54, 1.807) is 4.68 Å². The third-order valence-electron chi connectivity index (χ3n) is 3.22. The van der Waals surface area contributed by atoms with Crippen LogP contribution in [0.1, 0.15) is 27.3 Å². The van der Waals surface area contributed by atoms with Gasteiger partial charge in [-0.15, -0.1) is 0 Å². The van der Waals surface area contributed by atoms with Gasteiger partial charge in [0.15, 0.2) is 0 Å². The first kappa shape index (κ1) is 14.3. The van der Waals surface area contributed by atoms with Crippen LogP contribution in [0.15, 0.2) is 12.3 Å². The Morgan fingerprint density at radius 2 is 2.20 bits per heavy atom. The Morgan fingerprint density at radius 3 is 2.75 bits per heavy atom. The number of aromatic nitrogens is 3. The molecular weight excluding hydrogens is 278 g/mol. The number of nitrogens with two attached hydrogens (primary N) is 1. The Kier molecular flexibility index (Phi) is 3.94. The summed E-state index contributed by atoms with van der Waals surface area (Å²) in [6.07, 6.45) is 1.40. The van der Waals surface area contributed by atoms with Crippen molar-refractivity contribution in [1.82, 2.24) is 20.1 Å². The van der Waals surface area contributed by atoms with Crippen molar-refractivity contribution in [1.29, 1.82) is 0 Å². The lowest BCUT2D eigenvalue weighted by Crippen LogP contribution is -2.23. The maximum Gasteiger partial charge on any atom is 0.253 e. The Hall–Kier alpha value is -2.08. The number of rotatable bonds is 3. The molecule has 0 fully saturated rings. The van der Waals surface area contributed by atoms with Crippen LogP contribution in [-0.4, -0.2) is 20.7 Å². The van der Waals surface area contributed by atoms with Gasteiger partial charge in [0.2, 0.25) is 0 Å². The number of nitrogens with one attached hydrogen (secondary N) is 1. The van der Waals surface area contributed by atoms with Gasteiger partial charge in [-0.2, -0.15) is 5.10 Å². The van der Waals surface area contributed by atoms with Crippen LogP contribution >= 0.6 is 11.6 Å². The zero-order valence-corrected chi connectivity index (χ0v) is 12.3. The SMILES string of the molecule is Cc1nn(C)c(C)c1CNC(=O)c1cnc(N)c(Cl)c1. The van der Waals surface area contributed by atoms with Gasteiger partial charge in [-0.05, 0) is 19.9 Å². The molecule has 0 aliphatic heterocycles. The smallest absolute Gasteiger partial charge is 0.253 e. The summed E-state index contributed by atoms with van der Waals surface area (Å²) in [7, 11) is 1.87. The number of hydrogen-bond acceptors (Lipinski definition) is 4. The van der Waals surface area contributed by atoms with Gasteiger partial charge >= 0.3 is 0 Å². The lowest BCUT2D eigenvalue weighted by Gasteiger charge is -2.06. The highest BCUT2D eigenvalue weighted by Gasteiger charge is 2.12. The standard InChI is InChI=1S/C13H16ClN5O/c1-7-10(8(2)19(3)18-7)6-17-13(20)9-4-11(14)12(15)16-5-9/h4-5H,6H2,1-3H3,(H2,15,16)(H,17,20). The molecule has 1 amide bonds. The van der Waals surface area contributed by atoms with E-state index in [0.717, 1.165) is 17.0 Å². The minimum Gasteiger partial charge on any atom is -0.382 e. The second kappa shape index (κ2) is 5.50. The van der Waals surface area contributed by atoms with Crippen LogP contribution in [0.5, 0.6) is 0 Å². The second-order valence-corrected chi connectivity index (χ2v) is 4.95. The molecule has 0 unspecified atom stereocenters. The van der Waals surface area contributed by atoms with E-state index in [4.69, 9.17) is 17.3 Å². The van der Waals surface area contributed by atoms with Crippen LogP contribution in [0.4, 0.5) is 5.82 Å². The number of halogens is 1. The summed E-state index contributed by atoms with van der Waals surface area (Å²) in [6.45, 7) is 4.28. The van der Waals surface area contributed by atoms with Gasteiger partial charge in [-0.1, -0.05) is 11.6 Å². The largest absolute Gasteiger partial charge is 0.382 e. The van der Waals surface area contributed by atoms with Crippen LogP contribution in [0.2, 0.25) is 5.02 Å². The molecule has 2 aromatic rings. The minimum absolute atomic E-state index is 0.210. The molecule has 0 aliphatic rings. The third-order valence-corrected chi connectivity index (χ3v) is 3.52. The van der Waals surface area contributed by atoms with E-state index in [-0.39, 0.29) is 16.7 Å². The van der Waals surface area contributed by atoms with E-state index < -0.39 is 0 Å². The molecule has 3 N–H and O–H groups in total. The van der Waals surface area contributed by atoms with E-state index in [2.05, 4.69) is 15.4 Å². The average molecular weight is 294 g/mol. The van der Waals surface area contributed by atoms with Crippen molar-refractivity contribution < 1.29 is 4.79 Å². The first-order valence-corrected chi connectivity index (χ1v) is 6.46. The van der Waals surface area contributed by atoms with Gasteiger partial charge in [-0.25, -0.2) is 4.98 Å². The molecule has 106 valence electrons. The summed E-state index contributed by atoms with van der Waals surface area (Å²) in [5.41, 5.74) is 8.82. The molecule has 2 rings (SSSR count). The fraction of sp³-hybridized carbons (Fsp3) is 0.308. The number of hydrogen-bond donors (Lipinski definition) is 2. The van der Waals surface area contributed by atoms with Crippen molar-refractivity contribution in [2.24, 2.45) is 7.05 Å². The van der Waals surface area contributed by atoms with Gasteiger partial charge in [0.1, 0.15) is 5.82 Å². The molecule has 0 aliphatic carbocycles. The molecule has 0 saturated heterocycles. The Balaban J connectivity index is 2.10. The van der Waals surface area contributed by atoms with Gasteiger partial charge < -0.3 is 11.1 Å². The number of pyridine rings is 1. The Morgan fingerprint density at radius 1 is 1.50 bits per heavy atom. The first-order valence-electron chi connectivity index (χ1n) is 6.08. The van der Waals surface area contributed by atoms with Crippen molar-refractivity contribution in [3.8, 4) is 0 Å². The maximum atomic E-state index is 12.0. The number of carbonyl (C=O) groups is 1. The van der Waals surface area contributed by atoms with Crippen molar-refractivity contribution in [2.75, 3.05) is 5.73 Å². The third kappa shape index (κ3) is 2.75. The lowest BCUT2D eigenvalue weighted by atomic mass is 10.2. The number of anilines is 1. The predicted octanol–water partition coefficient (Wildman–Crippen LogP) is 1.60. The highest BCUT2D eigenvalue weighted by Crippen LogP contribution is 2.17. The fourth-order valence-corrected chi connectivity index (χ4v) is 2.08. The molecule has 0 aromatic carbocycles. The summed E-state index contributed by atoms with van der Waals surface area (Å²) in [5, 5.41) is 7.40. The summed E-state index contributed by atoms with van der Waals surface area (Å²) in [5.74, 6) is -0.0378. The summed E-state index contributed by atoms with van der Waals surface area (Å²) in [4.78, 5) is 15.9. The molecule has 2 aromatic heterocycles. The number of nitrogen functional groups attached to an aromatic ring is 1. The van der Waals surface area contributed by atoms with Gasteiger partial charge in [0.25, 0.3) is 5.91 Å². The molecule has 0 saturated carbocycles. The molecule has 2 heterocycles. The Labute approximate surface area is 121 Å². The monoisotopic (exact) mass is 293 g/mol. The van der Waals surface area contributed by atoms with Crippen molar-refractivity contribution in [3.63, 3.8) is 0 Å². The van der Waals surface area contributed by atoms with E-state index in [1.165, 1.54) is 12.3 Å². The number of aryl methyl sites for hydroxylation is 2. The maximum absolute atomic E-state index is 12.0. The minimum atomic E-state index is -0.248. The van der Waals surface area contributed by atoms with E-state index in [0.29, 0.717) is 12.1 Å². The van der Waals surface area contributed by atoms with E-state index >= 15 is 0 Å². The lowest BCUT2D eigenvalue weighted by molar-refractivity contribution is 0.0950. The fourth-order valence-electron chi connectivity index (χ4n) is 1.92. The zero-order chi connectivity index (χ0) is 14.9. The van der Waals surface area contributed by atoms with Crippen LogP contribution in [0.25, 0.3) is 0 Å². The first-order chi connectivity index (χ1) is 9.40. The molecule has 7 heteroatoms. The number of nitrogens with zero attached hydrogens (tertiary/aromatic N) is 3. The second-order valence-electron chi connectivity index (χ2n) is 4.55. The highest BCUT2D eigenvalue weighted by molar-refractivity contribution is 6.33. The molecule has 0 atom stereocenters. The number of carbonyl (C=O) groups excluding carboxylic acids is 1. The molecule has 20 heavy (non-hydrogen) atoms. The van der Waals surface area contributed by atoms with Crippen molar-refractivity contribution >= 4 is 23.3 Å². The predicted molar refractivity (Wildman–Crippen MR) is 77.5 cm³/mol. The summed E-state index contributed by atoms with van der Waals surface area (Å²) >= 11 is 5.85. The van der Waals surface area contributed by atoms with Crippen LogP contribution in [-0.2, 0) is 13.6 Å². The summed E-state index contributed by atoms with van der Waals surface area (Å²) < 4.78 is 1.79. The molecular formula is C13H16ClN5O.